The van der Waals surface area contributed by atoms with Crippen molar-refractivity contribution in [2.75, 3.05) is 12.4 Å². The van der Waals surface area contributed by atoms with Gasteiger partial charge in [0.1, 0.15) is 11.6 Å². The van der Waals surface area contributed by atoms with Crippen LogP contribution in [0, 0.1) is 18.6 Å². The van der Waals surface area contributed by atoms with E-state index in [0.717, 1.165) is 28.8 Å². The number of carbonyl (C=O) groups is 2. The Hall–Kier alpha value is -2.54. The van der Waals surface area contributed by atoms with Crippen molar-refractivity contribution >= 4 is 39.6 Å². The minimum atomic E-state index is -1.07. The van der Waals surface area contributed by atoms with Crippen molar-refractivity contribution in [2.45, 2.75) is 6.92 Å². The van der Waals surface area contributed by atoms with E-state index < -0.39 is 29.1 Å². The number of amides is 1. The topological polar surface area (TPSA) is 55.4 Å². The Morgan fingerprint density at radius 1 is 1.16 bits per heavy atom. The molecule has 0 bridgehead atoms. The number of methoxy groups -OCH3 is 1. The lowest BCUT2D eigenvalue weighted by Gasteiger charge is -2.07. The van der Waals surface area contributed by atoms with Crippen molar-refractivity contribution in [3.63, 3.8) is 0 Å². The van der Waals surface area contributed by atoms with Gasteiger partial charge in [-0.1, -0.05) is 28.1 Å². The lowest BCUT2D eigenvalue weighted by Crippen LogP contribution is -2.12. The molecule has 1 amide bonds. The zero-order valence-electron chi connectivity index (χ0n) is 13.4. The largest absolute Gasteiger partial charge is 0.465 e. The number of benzene rings is 2. The number of carbonyl (C=O) groups excluding carboxylic acids is 2. The predicted molar refractivity (Wildman–Crippen MR) is 94.2 cm³/mol. The lowest BCUT2D eigenvalue weighted by molar-refractivity contribution is -0.111. The van der Waals surface area contributed by atoms with E-state index in [9.17, 15) is 18.4 Å². The highest BCUT2D eigenvalue weighted by Gasteiger charge is 2.17. The second-order valence-corrected chi connectivity index (χ2v) is 6.01. The maximum atomic E-state index is 13.8. The van der Waals surface area contributed by atoms with Crippen LogP contribution in [-0.4, -0.2) is 19.0 Å². The van der Waals surface area contributed by atoms with Crippen LogP contribution in [0.2, 0.25) is 0 Å². The summed E-state index contributed by atoms with van der Waals surface area (Å²) in [6, 6.07) is 6.99. The summed E-state index contributed by atoms with van der Waals surface area (Å²) in [5.74, 6) is -3.66. The molecule has 0 heterocycles. The van der Waals surface area contributed by atoms with Crippen molar-refractivity contribution in [3.05, 3.63) is 69.2 Å². The molecule has 0 aliphatic carbocycles. The molecule has 0 saturated carbocycles. The minimum Gasteiger partial charge on any atom is -0.465 e. The summed E-state index contributed by atoms with van der Waals surface area (Å²) in [5, 5.41) is 2.27. The molecular weight excluding hydrogens is 396 g/mol. The van der Waals surface area contributed by atoms with Gasteiger partial charge in [-0.25, -0.2) is 13.6 Å². The fourth-order valence-electron chi connectivity index (χ4n) is 2.02. The molecule has 0 aliphatic heterocycles. The Balaban J connectivity index is 2.20. The number of nitrogens with one attached hydrogen (secondary N) is 1. The van der Waals surface area contributed by atoms with E-state index in [2.05, 4.69) is 26.0 Å². The van der Waals surface area contributed by atoms with Crippen LogP contribution in [0.1, 0.15) is 21.5 Å². The predicted octanol–water partition coefficient (Wildman–Crippen LogP) is 4.47. The van der Waals surface area contributed by atoms with Crippen LogP contribution in [0.4, 0.5) is 14.5 Å². The van der Waals surface area contributed by atoms with Crippen molar-refractivity contribution in [1.82, 2.24) is 0 Å². The third-order valence-electron chi connectivity index (χ3n) is 3.29. The molecule has 4 nitrogen and oxygen atoms in total. The zero-order valence-corrected chi connectivity index (χ0v) is 15.0. The molecule has 0 saturated heterocycles. The molecule has 2 aromatic rings. The molecule has 2 aromatic carbocycles. The van der Waals surface area contributed by atoms with E-state index >= 15 is 0 Å². The summed E-state index contributed by atoms with van der Waals surface area (Å²) in [5.41, 5.74) is 1.02. The number of ether oxygens (including phenoxy) is 1. The Morgan fingerprint density at radius 3 is 2.52 bits per heavy atom. The highest BCUT2D eigenvalue weighted by atomic mass is 79.9. The molecule has 0 atom stereocenters. The average Bonchev–Trinajstić information content (AvgIpc) is 2.55. The molecule has 0 radical (unpaired) electrons. The fourth-order valence-corrected chi connectivity index (χ4v) is 2.64. The number of esters is 1. The molecule has 2 rings (SSSR count). The lowest BCUT2D eigenvalue weighted by atomic mass is 10.1. The first-order chi connectivity index (χ1) is 11.8. The second kappa shape index (κ2) is 8.02. The van der Waals surface area contributed by atoms with E-state index in [1.165, 1.54) is 6.08 Å². The van der Waals surface area contributed by atoms with Gasteiger partial charge >= 0.3 is 5.97 Å². The first kappa shape index (κ1) is 18.8. The van der Waals surface area contributed by atoms with Gasteiger partial charge in [0.25, 0.3) is 0 Å². The quantitative estimate of drug-likeness (QED) is 0.598. The normalized spacial score (nSPS) is 10.8. The maximum Gasteiger partial charge on any atom is 0.340 e. The van der Waals surface area contributed by atoms with Gasteiger partial charge < -0.3 is 10.1 Å². The molecule has 1 N–H and O–H groups in total. The Kier molecular flexibility index (Phi) is 6.03. The molecule has 25 heavy (non-hydrogen) atoms. The Morgan fingerprint density at radius 2 is 1.88 bits per heavy atom. The van der Waals surface area contributed by atoms with Gasteiger partial charge in [-0.05, 0) is 36.3 Å². The first-order valence-electron chi connectivity index (χ1n) is 7.14. The van der Waals surface area contributed by atoms with Crippen LogP contribution >= 0.6 is 15.9 Å². The first-order valence-corrected chi connectivity index (χ1v) is 7.93. The number of anilines is 1. The number of halogens is 3. The zero-order chi connectivity index (χ0) is 18.6. The molecule has 7 heteroatoms. The summed E-state index contributed by atoms with van der Waals surface area (Å²) in [6.45, 7) is 1.93. The third kappa shape index (κ3) is 4.73. The van der Waals surface area contributed by atoms with Gasteiger partial charge in [-0.2, -0.15) is 0 Å². The molecule has 0 aliphatic rings. The van der Waals surface area contributed by atoms with Crippen molar-refractivity contribution < 1.29 is 23.1 Å². The number of hydrogen-bond acceptors (Lipinski definition) is 3. The van der Waals surface area contributed by atoms with E-state index in [1.807, 2.05) is 25.1 Å². The summed E-state index contributed by atoms with van der Waals surface area (Å²) in [6.07, 6.45) is 2.75. The highest BCUT2D eigenvalue weighted by Crippen LogP contribution is 2.22. The summed E-state index contributed by atoms with van der Waals surface area (Å²) < 4.78 is 32.6. The number of hydrogen-bond donors (Lipinski definition) is 1. The third-order valence-corrected chi connectivity index (χ3v) is 3.98. The van der Waals surface area contributed by atoms with Gasteiger partial charge in [-0.3, -0.25) is 4.79 Å². The van der Waals surface area contributed by atoms with Gasteiger partial charge in [0.15, 0.2) is 0 Å². The standard InChI is InChI=1S/C18H14BrF2NO3/c1-10-3-4-11(13(19)7-10)5-6-17(23)22-16-8-12(18(24)25-2)14(20)9-15(16)21/h3-9H,1-2H3,(H,22,23)/b6-5+. The van der Waals surface area contributed by atoms with Crippen molar-refractivity contribution in [2.24, 2.45) is 0 Å². The minimum absolute atomic E-state index is 0.320. The van der Waals surface area contributed by atoms with Gasteiger partial charge in [-0.15, -0.1) is 0 Å². The molecule has 0 spiro atoms. The smallest absolute Gasteiger partial charge is 0.340 e. The van der Waals surface area contributed by atoms with Crippen LogP contribution in [0.25, 0.3) is 6.08 Å². The van der Waals surface area contributed by atoms with Crippen molar-refractivity contribution in [1.29, 1.82) is 0 Å². The molecular formula is C18H14BrF2NO3. The number of rotatable bonds is 4. The van der Waals surface area contributed by atoms with Gasteiger partial charge in [0.05, 0.1) is 18.4 Å². The number of aryl methyl sites for hydroxylation is 1. The van der Waals surface area contributed by atoms with Crippen LogP contribution in [-0.2, 0) is 9.53 Å². The van der Waals surface area contributed by atoms with Crippen molar-refractivity contribution in [3.8, 4) is 0 Å². The fraction of sp³-hybridized carbons (Fsp3) is 0.111. The maximum absolute atomic E-state index is 13.8. The summed E-state index contributed by atoms with van der Waals surface area (Å²) in [7, 11) is 1.07. The van der Waals surface area contributed by atoms with E-state index in [0.29, 0.717) is 6.07 Å². The van der Waals surface area contributed by atoms with Gasteiger partial charge in [0, 0.05) is 16.6 Å². The summed E-state index contributed by atoms with van der Waals surface area (Å²) >= 11 is 3.38. The SMILES string of the molecule is COC(=O)c1cc(NC(=O)/C=C/c2ccc(C)cc2Br)c(F)cc1F. The molecule has 0 unspecified atom stereocenters. The van der Waals surface area contributed by atoms with Gasteiger partial charge in [0.2, 0.25) is 5.91 Å². The Bertz CT molecular complexity index is 866. The van der Waals surface area contributed by atoms with E-state index in [-0.39, 0.29) is 5.69 Å². The summed E-state index contributed by atoms with van der Waals surface area (Å²) in [4.78, 5) is 23.4. The highest BCUT2D eigenvalue weighted by molar-refractivity contribution is 9.10. The van der Waals surface area contributed by atoms with E-state index in [4.69, 9.17) is 0 Å². The van der Waals surface area contributed by atoms with Crippen LogP contribution in [0.3, 0.4) is 0 Å². The molecule has 130 valence electrons. The van der Waals surface area contributed by atoms with Crippen LogP contribution < -0.4 is 5.32 Å². The van der Waals surface area contributed by atoms with E-state index in [1.54, 1.807) is 6.08 Å². The Labute approximate surface area is 151 Å². The monoisotopic (exact) mass is 409 g/mol. The molecule has 0 fully saturated rings. The second-order valence-electron chi connectivity index (χ2n) is 5.15. The molecule has 0 aromatic heterocycles. The van der Waals surface area contributed by atoms with Crippen LogP contribution in [0.15, 0.2) is 40.9 Å². The van der Waals surface area contributed by atoms with Crippen LogP contribution in [0.5, 0.6) is 0 Å². The average molecular weight is 410 g/mol.